The Morgan fingerprint density at radius 2 is 2.10 bits per heavy atom. The maximum absolute atomic E-state index is 10.9. The van der Waals surface area contributed by atoms with E-state index >= 15 is 0 Å². The molecule has 0 spiro atoms. The first-order chi connectivity index (χ1) is 10.1. The SMILES string of the molecule is CCNc1ccc([N+](=O)[O-])cc1COc1cccc(I)c1. The molecule has 5 nitrogen and oxygen atoms in total. The molecule has 0 unspecified atom stereocenters. The van der Waals surface area contributed by atoms with Crippen molar-refractivity contribution in [1.82, 2.24) is 0 Å². The molecule has 0 fully saturated rings. The molecule has 0 radical (unpaired) electrons. The molecule has 2 aromatic carbocycles. The zero-order valence-corrected chi connectivity index (χ0v) is 13.7. The Labute approximate surface area is 136 Å². The highest BCUT2D eigenvalue weighted by atomic mass is 127. The lowest BCUT2D eigenvalue weighted by atomic mass is 10.1. The maximum atomic E-state index is 10.9. The van der Waals surface area contributed by atoms with E-state index in [2.05, 4.69) is 27.9 Å². The van der Waals surface area contributed by atoms with Crippen LogP contribution in [0, 0.1) is 13.7 Å². The Balaban J connectivity index is 2.20. The number of rotatable bonds is 6. The third-order valence-electron chi connectivity index (χ3n) is 2.86. The molecule has 0 aromatic heterocycles. The summed E-state index contributed by atoms with van der Waals surface area (Å²) in [5.41, 5.74) is 1.69. The molecule has 2 rings (SSSR count). The third kappa shape index (κ3) is 4.32. The lowest BCUT2D eigenvalue weighted by Gasteiger charge is -2.12. The number of nitro groups is 1. The zero-order chi connectivity index (χ0) is 15.2. The van der Waals surface area contributed by atoms with Crippen molar-refractivity contribution in [2.75, 3.05) is 11.9 Å². The summed E-state index contributed by atoms with van der Waals surface area (Å²) in [5, 5.41) is 14.1. The standard InChI is InChI=1S/C15H15IN2O3/c1-2-17-15-7-6-13(18(19)20)8-11(15)10-21-14-5-3-4-12(16)9-14/h3-9,17H,2,10H2,1H3. The summed E-state index contributed by atoms with van der Waals surface area (Å²) in [5.74, 6) is 0.746. The van der Waals surface area contributed by atoms with Gasteiger partial charge in [-0.1, -0.05) is 6.07 Å². The zero-order valence-electron chi connectivity index (χ0n) is 11.5. The van der Waals surface area contributed by atoms with Crippen LogP contribution in [0.5, 0.6) is 5.75 Å². The molecule has 0 aliphatic heterocycles. The predicted octanol–water partition coefficient (Wildman–Crippen LogP) is 4.21. The monoisotopic (exact) mass is 398 g/mol. The van der Waals surface area contributed by atoms with Crippen LogP contribution in [-0.4, -0.2) is 11.5 Å². The number of halogens is 1. The number of ether oxygens (including phenoxy) is 1. The van der Waals surface area contributed by atoms with E-state index in [0.717, 1.165) is 27.1 Å². The smallest absolute Gasteiger partial charge is 0.269 e. The lowest BCUT2D eigenvalue weighted by molar-refractivity contribution is -0.384. The van der Waals surface area contributed by atoms with Gasteiger partial charge in [-0.15, -0.1) is 0 Å². The van der Waals surface area contributed by atoms with Gasteiger partial charge in [0.15, 0.2) is 0 Å². The normalized spacial score (nSPS) is 10.2. The van der Waals surface area contributed by atoms with Crippen molar-refractivity contribution >= 4 is 34.0 Å². The molecule has 0 atom stereocenters. The number of nitro benzene ring substituents is 1. The Bertz CT molecular complexity index is 647. The van der Waals surface area contributed by atoms with Gasteiger partial charge >= 0.3 is 0 Å². The Morgan fingerprint density at radius 1 is 1.29 bits per heavy atom. The molecule has 0 saturated heterocycles. The maximum Gasteiger partial charge on any atom is 0.269 e. The van der Waals surface area contributed by atoms with Gasteiger partial charge in [-0.3, -0.25) is 10.1 Å². The van der Waals surface area contributed by atoms with Crippen molar-refractivity contribution in [3.8, 4) is 5.75 Å². The second-order valence-corrected chi connectivity index (χ2v) is 5.62. The van der Waals surface area contributed by atoms with Crippen LogP contribution in [0.2, 0.25) is 0 Å². The van der Waals surface area contributed by atoms with Crippen molar-refractivity contribution in [2.24, 2.45) is 0 Å². The highest BCUT2D eigenvalue weighted by molar-refractivity contribution is 14.1. The summed E-state index contributed by atoms with van der Waals surface area (Å²) in [6.45, 7) is 3.00. The number of nitrogens with one attached hydrogen (secondary N) is 1. The van der Waals surface area contributed by atoms with E-state index in [-0.39, 0.29) is 12.3 Å². The van der Waals surface area contributed by atoms with Crippen LogP contribution >= 0.6 is 22.6 Å². The molecule has 0 aliphatic rings. The van der Waals surface area contributed by atoms with E-state index in [0.29, 0.717) is 0 Å². The fourth-order valence-electron chi connectivity index (χ4n) is 1.89. The van der Waals surface area contributed by atoms with Crippen LogP contribution in [-0.2, 0) is 6.61 Å². The van der Waals surface area contributed by atoms with Crippen molar-refractivity contribution in [2.45, 2.75) is 13.5 Å². The molecule has 6 heteroatoms. The third-order valence-corrected chi connectivity index (χ3v) is 3.53. The molecule has 0 saturated carbocycles. The second-order valence-electron chi connectivity index (χ2n) is 4.37. The summed E-state index contributed by atoms with van der Waals surface area (Å²) in [6.07, 6.45) is 0. The highest BCUT2D eigenvalue weighted by Gasteiger charge is 2.11. The lowest BCUT2D eigenvalue weighted by Crippen LogP contribution is -2.05. The summed E-state index contributed by atoms with van der Waals surface area (Å²) in [7, 11) is 0. The number of hydrogen-bond donors (Lipinski definition) is 1. The van der Waals surface area contributed by atoms with Gasteiger partial charge in [-0.05, 0) is 53.8 Å². The van der Waals surface area contributed by atoms with Gasteiger partial charge in [-0.25, -0.2) is 0 Å². The molecule has 0 heterocycles. The van der Waals surface area contributed by atoms with Gasteiger partial charge in [0.05, 0.1) is 4.92 Å². The number of anilines is 1. The number of benzene rings is 2. The Morgan fingerprint density at radius 3 is 2.76 bits per heavy atom. The van der Waals surface area contributed by atoms with E-state index in [1.807, 2.05) is 31.2 Å². The largest absolute Gasteiger partial charge is 0.489 e. The molecule has 0 aliphatic carbocycles. The molecular weight excluding hydrogens is 383 g/mol. The first kappa shape index (κ1) is 15.6. The topological polar surface area (TPSA) is 64.4 Å². The van der Waals surface area contributed by atoms with Crippen molar-refractivity contribution < 1.29 is 9.66 Å². The summed E-state index contributed by atoms with van der Waals surface area (Å²) in [6, 6.07) is 12.4. The van der Waals surface area contributed by atoms with E-state index in [1.54, 1.807) is 12.1 Å². The molecule has 1 N–H and O–H groups in total. The molecule has 0 amide bonds. The molecule has 2 aromatic rings. The van der Waals surface area contributed by atoms with E-state index < -0.39 is 4.92 Å². The number of hydrogen-bond acceptors (Lipinski definition) is 4. The van der Waals surface area contributed by atoms with Gasteiger partial charge in [0.25, 0.3) is 5.69 Å². The minimum atomic E-state index is -0.398. The average molecular weight is 398 g/mol. The Kier molecular flexibility index (Phi) is 5.38. The van der Waals surface area contributed by atoms with Gasteiger partial charge in [0.1, 0.15) is 12.4 Å². The van der Waals surface area contributed by atoms with Crippen LogP contribution < -0.4 is 10.1 Å². The van der Waals surface area contributed by atoms with Crippen molar-refractivity contribution in [3.05, 3.63) is 61.7 Å². The molecule has 0 bridgehead atoms. The van der Waals surface area contributed by atoms with Crippen LogP contribution in [0.3, 0.4) is 0 Å². The number of nitrogens with zero attached hydrogens (tertiary/aromatic N) is 1. The average Bonchev–Trinajstić information content (AvgIpc) is 2.46. The van der Waals surface area contributed by atoms with Crippen LogP contribution in [0.1, 0.15) is 12.5 Å². The predicted molar refractivity (Wildman–Crippen MR) is 90.8 cm³/mol. The van der Waals surface area contributed by atoms with Gasteiger partial charge in [0.2, 0.25) is 0 Å². The van der Waals surface area contributed by atoms with E-state index in [9.17, 15) is 10.1 Å². The fraction of sp³-hybridized carbons (Fsp3) is 0.200. The number of non-ortho nitro benzene ring substituents is 1. The van der Waals surface area contributed by atoms with Gasteiger partial charge in [-0.2, -0.15) is 0 Å². The second kappa shape index (κ2) is 7.26. The first-order valence-corrected chi connectivity index (χ1v) is 7.57. The van der Waals surface area contributed by atoms with Crippen LogP contribution in [0.15, 0.2) is 42.5 Å². The van der Waals surface area contributed by atoms with Gasteiger partial charge in [0, 0.05) is 33.5 Å². The van der Waals surface area contributed by atoms with E-state index in [1.165, 1.54) is 6.07 Å². The van der Waals surface area contributed by atoms with Crippen LogP contribution in [0.25, 0.3) is 0 Å². The van der Waals surface area contributed by atoms with Crippen LogP contribution in [0.4, 0.5) is 11.4 Å². The minimum absolute atomic E-state index is 0.0675. The van der Waals surface area contributed by atoms with E-state index in [4.69, 9.17) is 4.74 Å². The molecule has 110 valence electrons. The van der Waals surface area contributed by atoms with Crippen molar-refractivity contribution in [3.63, 3.8) is 0 Å². The summed E-state index contributed by atoms with van der Waals surface area (Å²) >= 11 is 2.21. The summed E-state index contributed by atoms with van der Waals surface area (Å²) in [4.78, 5) is 10.5. The Hall–Kier alpha value is -1.83. The minimum Gasteiger partial charge on any atom is -0.489 e. The molecule has 21 heavy (non-hydrogen) atoms. The molecular formula is C15H15IN2O3. The fourth-order valence-corrected chi connectivity index (χ4v) is 2.41. The van der Waals surface area contributed by atoms with Crippen molar-refractivity contribution in [1.29, 1.82) is 0 Å². The highest BCUT2D eigenvalue weighted by Crippen LogP contribution is 2.24. The van der Waals surface area contributed by atoms with Gasteiger partial charge < -0.3 is 10.1 Å². The quantitative estimate of drug-likeness (QED) is 0.450. The first-order valence-electron chi connectivity index (χ1n) is 6.49. The summed E-state index contributed by atoms with van der Waals surface area (Å²) < 4.78 is 6.81.